The molecule has 4 aromatic rings. The summed E-state index contributed by atoms with van der Waals surface area (Å²) in [5, 5.41) is 6.35. The van der Waals surface area contributed by atoms with Crippen molar-refractivity contribution in [1.82, 2.24) is 19.3 Å². The second-order valence-corrected chi connectivity index (χ2v) is 6.99. The minimum atomic E-state index is -4.69. The Labute approximate surface area is 185 Å². The number of rotatable bonds is 6. The molecule has 0 fully saturated rings. The molecule has 0 atom stereocenters. The van der Waals surface area contributed by atoms with Crippen molar-refractivity contribution in [3.63, 3.8) is 0 Å². The molecule has 32 heavy (non-hydrogen) atoms. The SMILES string of the molecule is O=C(COc1cc(C(F)(F)F)nn1-c1ccccc1Cl)Nc1ccc(-n2ccnc2)cc1. The molecular formula is C21H15ClF3N5O2. The Bertz CT molecular complexity index is 1220. The molecule has 1 amide bonds. The molecule has 0 radical (unpaired) electrons. The normalized spacial score (nSPS) is 11.4. The zero-order valence-electron chi connectivity index (χ0n) is 16.3. The molecule has 2 aromatic carbocycles. The van der Waals surface area contributed by atoms with Gasteiger partial charge in [0.1, 0.15) is 0 Å². The number of hydrogen-bond acceptors (Lipinski definition) is 4. The van der Waals surface area contributed by atoms with Crippen LogP contribution in [-0.2, 0) is 11.0 Å². The quantitative estimate of drug-likeness (QED) is 0.450. The molecule has 0 saturated heterocycles. The molecule has 0 aliphatic rings. The highest BCUT2D eigenvalue weighted by molar-refractivity contribution is 6.32. The van der Waals surface area contributed by atoms with Crippen LogP contribution in [0, 0.1) is 0 Å². The number of aromatic nitrogens is 4. The van der Waals surface area contributed by atoms with Crippen LogP contribution < -0.4 is 10.1 Å². The molecule has 0 unspecified atom stereocenters. The van der Waals surface area contributed by atoms with Gasteiger partial charge in [0.15, 0.2) is 12.3 Å². The Morgan fingerprint density at radius 1 is 1.12 bits per heavy atom. The van der Waals surface area contributed by atoms with E-state index in [2.05, 4.69) is 15.4 Å². The smallest absolute Gasteiger partial charge is 0.435 e. The number of carbonyl (C=O) groups is 1. The van der Waals surface area contributed by atoms with Gasteiger partial charge in [0.2, 0.25) is 5.88 Å². The molecule has 164 valence electrons. The van der Waals surface area contributed by atoms with E-state index in [1.54, 1.807) is 59.7 Å². The molecule has 0 aliphatic heterocycles. The van der Waals surface area contributed by atoms with Crippen molar-refractivity contribution in [2.24, 2.45) is 0 Å². The van der Waals surface area contributed by atoms with Gasteiger partial charge in [-0.3, -0.25) is 4.79 Å². The number of alkyl halides is 3. The highest BCUT2D eigenvalue weighted by atomic mass is 35.5. The van der Waals surface area contributed by atoms with Gasteiger partial charge >= 0.3 is 6.18 Å². The van der Waals surface area contributed by atoms with E-state index >= 15 is 0 Å². The lowest BCUT2D eigenvalue weighted by Crippen LogP contribution is -2.21. The second-order valence-electron chi connectivity index (χ2n) is 6.58. The van der Waals surface area contributed by atoms with Crippen LogP contribution in [-0.4, -0.2) is 31.8 Å². The molecule has 1 N–H and O–H groups in total. The number of amides is 1. The van der Waals surface area contributed by atoms with Crippen LogP contribution >= 0.6 is 11.6 Å². The summed E-state index contributed by atoms with van der Waals surface area (Å²) in [5.74, 6) is -0.822. The highest BCUT2D eigenvalue weighted by Gasteiger charge is 2.36. The number of para-hydroxylation sites is 1. The van der Waals surface area contributed by atoms with Crippen molar-refractivity contribution in [3.8, 4) is 17.3 Å². The second kappa shape index (κ2) is 8.75. The maximum Gasteiger partial charge on any atom is 0.435 e. The van der Waals surface area contributed by atoms with Gasteiger partial charge in [0, 0.05) is 29.8 Å². The van der Waals surface area contributed by atoms with Crippen molar-refractivity contribution >= 4 is 23.2 Å². The fourth-order valence-electron chi connectivity index (χ4n) is 2.87. The van der Waals surface area contributed by atoms with E-state index in [0.717, 1.165) is 16.4 Å². The van der Waals surface area contributed by atoms with Crippen LogP contribution in [0.1, 0.15) is 5.69 Å². The van der Waals surface area contributed by atoms with Gasteiger partial charge in [-0.05, 0) is 36.4 Å². The van der Waals surface area contributed by atoms with E-state index < -0.39 is 24.4 Å². The van der Waals surface area contributed by atoms with E-state index in [1.165, 1.54) is 12.1 Å². The Kier molecular flexibility index (Phi) is 5.87. The number of hydrogen-bond donors (Lipinski definition) is 1. The predicted octanol–water partition coefficient (Wildman–Crippen LogP) is 4.75. The molecule has 4 rings (SSSR count). The fraction of sp³-hybridized carbons (Fsp3) is 0.0952. The first kappa shape index (κ1) is 21.4. The molecule has 0 bridgehead atoms. The van der Waals surface area contributed by atoms with E-state index in [-0.39, 0.29) is 16.6 Å². The third-order valence-corrected chi connectivity index (χ3v) is 4.67. The Morgan fingerprint density at radius 2 is 1.88 bits per heavy atom. The molecule has 0 spiro atoms. The lowest BCUT2D eigenvalue weighted by atomic mass is 10.2. The van der Waals surface area contributed by atoms with E-state index in [4.69, 9.17) is 16.3 Å². The number of carbonyl (C=O) groups excluding carboxylic acids is 1. The molecule has 2 aromatic heterocycles. The number of anilines is 1. The number of ether oxygens (including phenoxy) is 1. The van der Waals surface area contributed by atoms with Crippen LogP contribution in [0.2, 0.25) is 5.02 Å². The summed E-state index contributed by atoms with van der Waals surface area (Å²) >= 11 is 6.09. The summed E-state index contributed by atoms with van der Waals surface area (Å²) in [7, 11) is 0. The lowest BCUT2D eigenvalue weighted by molar-refractivity contribution is -0.141. The molecule has 11 heteroatoms. The number of benzene rings is 2. The van der Waals surface area contributed by atoms with Gasteiger partial charge < -0.3 is 14.6 Å². The van der Waals surface area contributed by atoms with Gasteiger partial charge in [-0.2, -0.15) is 23.0 Å². The Morgan fingerprint density at radius 3 is 2.53 bits per heavy atom. The third-order valence-electron chi connectivity index (χ3n) is 4.35. The van der Waals surface area contributed by atoms with Crippen molar-refractivity contribution in [2.45, 2.75) is 6.18 Å². The summed E-state index contributed by atoms with van der Waals surface area (Å²) in [4.78, 5) is 16.3. The average molecular weight is 462 g/mol. The topological polar surface area (TPSA) is 74.0 Å². The van der Waals surface area contributed by atoms with E-state index in [9.17, 15) is 18.0 Å². The van der Waals surface area contributed by atoms with Crippen LogP contribution in [0.25, 0.3) is 11.4 Å². The van der Waals surface area contributed by atoms with Gasteiger partial charge in [-0.25, -0.2) is 4.98 Å². The van der Waals surface area contributed by atoms with Gasteiger partial charge in [0.25, 0.3) is 5.91 Å². The zero-order valence-corrected chi connectivity index (χ0v) is 17.0. The molecule has 0 aliphatic carbocycles. The number of halogens is 4. The monoisotopic (exact) mass is 461 g/mol. The summed E-state index contributed by atoms with van der Waals surface area (Å²) in [6.45, 7) is -0.531. The van der Waals surface area contributed by atoms with Crippen LogP contribution in [0.5, 0.6) is 5.88 Å². The largest absolute Gasteiger partial charge is 0.467 e. The highest BCUT2D eigenvalue weighted by Crippen LogP contribution is 2.33. The lowest BCUT2D eigenvalue weighted by Gasteiger charge is -2.11. The first-order valence-electron chi connectivity index (χ1n) is 9.24. The molecule has 7 nitrogen and oxygen atoms in total. The Balaban J connectivity index is 1.47. The summed E-state index contributed by atoms with van der Waals surface area (Å²) in [6.07, 6.45) is 0.367. The van der Waals surface area contributed by atoms with Gasteiger partial charge in [-0.1, -0.05) is 23.7 Å². The first-order chi connectivity index (χ1) is 15.3. The maximum absolute atomic E-state index is 13.2. The van der Waals surface area contributed by atoms with Crippen molar-refractivity contribution < 1.29 is 22.7 Å². The van der Waals surface area contributed by atoms with Crippen LogP contribution in [0.4, 0.5) is 18.9 Å². The minimum Gasteiger partial charge on any atom is -0.467 e. The van der Waals surface area contributed by atoms with Crippen LogP contribution in [0.15, 0.2) is 73.3 Å². The van der Waals surface area contributed by atoms with E-state index in [1.807, 2.05) is 0 Å². The summed E-state index contributed by atoms with van der Waals surface area (Å²) in [5.41, 5.74) is 0.371. The zero-order chi connectivity index (χ0) is 22.7. The van der Waals surface area contributed by atoms with Gasteiger partial charge in [-0.15, -0.1) is 0 Å². The standard InChI is InChI=1S/C21H15ClF3N5O2/c22-16-3-1-2-4-17(16)30-20(11-18(28-30)21(23,24)25)32-12-19(31)27-14-5-7-15(8-6-14)29-10-9-26-13-29/h1-11,13H,12H2,(H,27,31). The maximum atomic E-state index is 13.2. The predicted molar refractivity (Wildman–Crippen MR) is 111 cm³/mol. The summed E-state index contributed by atoms with van der Waals surface area (Å²) < 4.78 is 47.6. The number of imidazole rings is 1. The Hall–Kier alpha value is -3.79. The van der Waals surface area contributed by atoms with Crippen molar-refractivity contribution in [3.05, 3.63) is 84.0 Å². The first-order valence-corrected chi connectivity index (χ1v) is 9.62. The van der Waals surface area contributed by atoms with Crippen molar-refractivity contribution in [1.29, 1.82) is 0 Å². The number of nitrogens with one attached hydrogen (secondary N) is 1. The van der Waals surface area contributed by atoms with E-state index in [0.29, 0.717) is 5.69 Å². The van der Waals surface area contributed by atoms with Gasteiger partial charge in [0.05, 0.1) is 17.0 Å². The van der Waals surface area contributed by atoms with Crippen LogP contribution in [0.3, 0.4) is 0 Å². The number of nitrogens with zero attached hydrogens (tertiary/aromatic N) is 4. The fourth-order valence-corrected chi connectivity index (χ4v) is 3.08. The molecule has 2 heterocycles. The third kappa shape index (κ3) is 4.75. The molecular weight excluding hydrogens is 447 g/mol. The molecule has 0 saturated carbocycles. The van der Waals surface area contributed by atoms with Crippen molar-refractivity contribution in [2.75, 3.05) is 11.9 Å². The minimum absolute atomic E-state index is 0.177. The average Bonchev–Trinajstić information content (AvgIpc) is 3.43. The summed E-state index contributed by atoms with van der Waals surface area (Å²) in [6, 6.07) is 13.9.